The van der Waals surface area contributed by atoms with Crippen molar-refractivity contribution in [3.8, 4) is 0 Å². The summed E-state index contributed by atoms with van der Waals surface area (Å²) < 4.78 is 5.81. The molecular weight excluding hydrogens is 172 g/mol. The van der Waals surface area contributed by atoms with E-state index in [0.717, 1.165) is 17.8 Å². The molecule has 0 heterocycles. The molecule has 0 aromatic carbocycles. The van der Waals surface area contributed by atoms with Crippen LogP contribution in [0.25, 0.3) is 0 Å². The molecule has 0 aromatic rings. The molecule has 0 N–H and O–H groups in total. The molecule has 78 valence electrons. The molecule has 0 fully saturated rings. The van der Waals surface area contributed by atoms with Gasteiger partial charge in [0.05, 0.1) is 0 Å². The van der Waals surface area contributed by atoms with Gasteiger partial charge >= 0.3 is 0 Å². The van der Waals surface area contributed by atoms with E-state index in [9.17, 15) is 0 Å². The number of rotatable bonds is 6. The van der Waals surface area contributed by atoms with Crippen LogP contribution in [-0.2, 0) is 4.74 Å². The van der Waals surface area contributed by atoms with Crippen LogP contribution in [0.15, 0.2) is 49.3 Å². The zero-order valence-electron chi connectivity index (χ0n) is 9.47. The summed E-state index contributed by atoms with van der Waals surface area (Å²) in [6, 6.07) is 0. The van der Waals surface area contributed by atoms with Gasteiger partial charge in [-0.25, -0.2) is 0 Å². The monoisotopic (exact) mass is 192 g/mol. The molecule has 1 heteroatoms. The van der Waals surface area contributed by atoms with Crippen LogP contribution in [-0.4, -0.2) is 5.60 Å². The molecule has 1 unspecified atom stereocenters. The predicted molar refractivity (Wildman–Crippen MR) is 63.1 cm³/mol. The zero-order valence-corrected chi connectivity index (χ0v) is 9.47. The Labute approximate surface area is 87.5 Å². The lowest BCUT2D eigenvalue weighted by molar-refractivity contribution is 0.0613. The zero-order chi connectivity index (χ0) is 11.2. The van der Waals surface area contributed by atoms with Gasteiger partial charge in [0.25, 0.3) is 0 Å². The second-order valence-corrected chi connectivity index (χ2v) is 3.50. The quantitative estimate of drug-likeness (QED) is 0.351. The molecule has 0 aliphatic rings. The van der Waals surface area contributed by atoms with E-state index in [4.69, 9.17) is 4.74 Å². The van der Waals surface area contributed by atoms with Gasteiger partial charge in [0.1, 0.15) is 11.4 Å². The van der Waals surface area contributed by atoms with Crippen molar-refractivity contribution >= 4 is 0 Å². The van der Waals surface area contributed by atoms with Crippen LogP contribution in [0.3, 0.4) is 0 Å². The molecule has 0 saturated carbocycles. The van der Waals surface area contributed by atoms with Gasteiger partial charge in [0.15, 0.2) is 0 Å². The second-order valence-electron chi connectivity index (χ2n) is 3.50. The Bertz CT molecular complexity index is 260. The molecule has 0 aromatic heterocycles. The smallest absolute Gasteiger partial charge is 0.130 e. The first-order valence-corrected chi connectivity index (χ1v) is 4.74. The van der Waals surface area contributed by atoms with Gasteiger partial charge in [-0.3, -0.25) is 0 Å². The van der Waals surface area contributed by atoms with E-state index >= 15 is 0 Å². The molecule has 0 aliphatic heterocycles. The standard InChI is InChI=1S/C13H20O/c1-7-10-13(6,11(4)5)14-12(8-2)9-3/h7-9H,1-2,4,10H2,3,5-6H3. The molecule has 0 saturated heterocycles. The first kappa shape index (κ1) is 12.8. The third kappa shape index (κ3) is 3.25. The Morgan fingerprint density at radius 3 is 2.29 bits per heavy atom. The lowest BCUT2D eigenvalue weighted by atomic mass is 9.94. The van der Waals surface area contributed by atoms with Crippen molar-refractivity contribution in [2.24, 2.45) is 0 Å². The van der Waals surface area contributed by atoms with Crippen LogP contribution in [0.5, 0.6) is 0 Å². The summed E-state index contributed by atoms with van der Waals surface area (Å²) in [6.07, 6.45) is 6.17. The summed E-state index contributed by atoms with van der Waals surface area (Å²) in [4.78, 5) is 0. The largest absolute Gasteiger partial charge is 0.483 e. The number of hydrogen-bond donors (Lipinski definition) is 0. The van der Waals surface area contributed by atoms with E-state index in [-0.39, 0.29) is 5.60 Å². The van der Waals surface area contributed by atoms with Gasteiger partial charge in [0.2, 0.25) is 0 Å². The summed E-state index contributed by atoms with van der Waals surface area (Å²) in [5, 5.41) is 0. The predicted octanol–water partition coefficient (Wildman–Crippen LogP) is 4.00. The summed E-state index contributed by atoms with van der Waals surface area (Å²) >= 11 is 0. The maximum atomic E-state index is 5.81. The summed E-state index contributed by atoms with van der Waals surface area (Å²) in [7, 11) is 0. The average molecular weight is 192 g/mol. The molecule has 1 nitrogen and oxygen atoms in total. The molecule has 1 atom stereocenters. The van der Waals surface area contributed by atoms with Gasteiger partial charge in [-0.1, -0.05) is 19.2 Å². The van der Waals surface area contributed by atoms with Gasteiger partial charge in [-0.05, 0) is 38.5 Å². The Morgan fingerprint density at radius 1 is 1.43 bits per heavy atom. The molecule has 0 spiro atoms. The lowest BCUT2D eigenvalue weighted by Gasteiger charge is -2.30. The maximum Gasteiger partial charge on any atom is 0.130 e. The fourth-order valence-corrected chi connectivity index (χ4v) is 1.06. The fraction of sp³-hybridized carbons (Fsp3) is 0.385. The molecule has 0 rings (SSSR count). The molecule has 0 amide bonds. The average Bonchev–Trinajstić information content (AvgIpc) is 2.14. The Kier molecular flexibility index (Phi) is 5.00. The Morgan fingerprint density at radius 2 is 2.00 bits per heavy atom. The molecule has 0 aliphatic carbocycles. The minimum absolute atomic E-state index is 0.377. The Balaban J connectivity index is 4.76. The van der Waals surface area contributed by atoms with Crippen molar-refractivity contribution in [3.05, 3.63) is 49.3 Å². The van der Waals surface area contributed by atoms with Crippen molar-refractivity contribution in [1.82, 2.24) is 0 Å². The van der Waals surface area contributed by atoms with Crippen LogP contribution in [0.1, 0.15) is 27.2 Å². The van der Waals surface area contributed by atoms with Crippen molar-refractivity contribution in [2.75, 3.05) is 0 Å². The maximum absolute atomic E-state index is 5.81. The van der Waals surface area contributed by atoms with Crippen LogP contribution < -0.4 is 0 Å². The molecule has 0 radical (unpaired) electrons. The highest BCUT2D eigenvalue weighted by Gasteiger charge is 2.25. The second kappa shape index (κ2) is 5.48. The highest BCUT2D eigenvalue weighted by Crippen LogP contribution is 2.27. The topological polar surface area (TPSA) is 9.23 Å². The van der Waals surface area contributed by atoms with Crippen LogP contribution in [0.4, 0.5) is 0 Å². The van der Waals surface area contributed by atoms with Crippen LogP contribution >= 0.6 is 0 Å². The summed E-state index contributed by atoms with van der Waals surface area (Å²) in [5.74, 6) is 0.775. The number of allylic oxidation sites excluding steroid dienone is 2. The minimum atomic E-state index is -0.377. The van der Waals surface area contributed by atoms with Gasteiger partial charge in [0, 0.05) is 6.42 Å². The van der Waals surface area contributed by atoms with Crippen molar-refractivity contribution in [3.63, 3.8) is 0 Å². The van der Waals surface area contributed by atoms with E-state index in [1.807, 2.05) is 32.9 Å². The van der Waals surface area contributed by atoms with Crippen molar-refractivity contribution < 1.29 is 4.74 Å². The third-order valence-corrected chi connectivity index (χ3v) is 2.27. The molecular formula is C13H20O. The van der Waals surface area contributed by atoms with Gasteiger partial charge in [-0.15, -0.1) is 6.58 Å². The first-order chi connectivity index (χ1) is 6.50. The lowest BCUT2D eigenvalue weighted by Crippen LogP contribution is -2.28. The molecule has 0 bridgehead atoms. The van der Waals surface area contributed by atoms with Crippen LogP contribution in [0.2, 0.25) is 0 Å². The highest BCUT2D eigenvalue weighted by molar-refractivity contribution is 5.16. The highest BCUT2D eigenvalue weighted by atomic mass is 16.5. The number of ether oxygens (including phenoxy) is 1. The van der Waals surface area contributed by atoms with E-state index < -0.39 is 0 Å². The van der Waals surface area contributed by atoms with Gasteiger partial charge < -0.3 is 4.74 Å². The fourth-order valence-electron chi connectivity index (χ4n) is 1.06. The Hall–Kier alpha value is -1.24. The van der Waals surface area contributed by atoms with Crippen molar-refractivity contribution in [1.29, 1.82) is 0 Å². The van der Waals surface area contributed by atoms with Crippen LogP contribution in [0, 0.1) is 0 Å². The van der Waals surface area contributed by atoms with Gasteiger partial charge in [-0.2, -0.15) is 0 Å². The first-order valence-electron chi connectivity index (χ1n) is 4.74. The SMILES string of the molecule is C=CCC(C)(OC(C=C)=CC)C(=C)C. The normalized spacial score (nSPS) is 15.5. The van der Waals surface area contributed by atoms with Crippen molar-refractivity contribution in [2.45, 2.75) is 32.8 Å². The molecule has 14 heavy (non-hydrogen) atoms. The summed E-state index contributed by atoms with van der Waals surface area (Å²) in [6.45, 7) is 17.2. The third-order valence-electron chi connectivity index (χ3n) is 2.27. The van der Waals surface area contributed by atoms with E-state index in [1.165, 1.54) is 0 Å². The van der Waals surface area contributed by atoms with E-state index in [1.54, 1.807) is 6.08 Å². The summed E-state index contributed by atoms with van der Waals surface area (Å²) in [5.41, 5.74) is 0.608. The minimum Gasteiger partial charge on any atom is -0.483 e. The van der Waals surface area contributed by atoms with E-state index in [0.29, 0.717) is 0 Å². The number of hydrogen-bond acceptors (Lipinski definition) is 1. The van der Waals surface area contributed by atoms with E-state index in [2.05, 4.69) is 19.7 Å².